The summed E-state index contributed by atoms with van der Waals surface area (Å²) >= 11 is 0. The molecule has 1 fully saturated rings. The van der Waals surface area contributed by atoms with Crippen molar-refractivity contribution in [2.75, 3.05) is 13.2 Å². The van der Waals surface area contributed by atoms with Gasteiger partial charge in [0, 0.05) is 17.5 Å². The van der Waals surface area contributed by atoms with E-state index in [0.717, 1.165) is 12.8 Å². The molecule has 1 aliphatic carbocycles. The molecule has 2 N–H and O–H groups in total. The molecule has 0 spiro atoms. The number of carboxylic acids is 1. The van der Waals surface area contributed by atoms with Gasteiger partial charge in [-0.05, 0) is 18.8 Å². The highest BCUT2D eigenvalue weighted by atomic mass is 19.1. The zero-order valence-electron chi connectivity index (χ0n) is 10.8. The maximum atomic E-state index is 14.3. The molecule has 3 rings (SSSR count). The highest BCUT2D eigenvalue weighted by Gasteiger charge is 2.39. The van der Waals surface area contributed by atoms with Crippen molar-refractivity contribution in [1.29, 1.82) is 0 Å². The molecule has 20 heavy (non-hydrogen) atoms. The number of benzene rings is 1. The van der Waals surface area contributed by atoms with Gasteiger partial charge < -0.3 is 19.7 Å². The smallest absolute Gasteiger partial charge is 0.303 e. The number of phenols is 1. The lowest BCUT2D eigenvalue weighted by atomic mass is 9.89. The standard InChI is InChI=1S/C14H15FO5/c15-13-9(16)6-10-14(20-4-3-19-10)12(13)8(5-11(17)18)7-1-2-7/h6-8,16H,1-5H2,(H,17,18). The van der Waals surface area contributed by atoms with Gasteiger partial charge in [-0.3, -0.25) is 4.79 Å². The van der Waals surface area contributed by atoms with E-state index in [1.165, 1.54) is 6.07 Å². The predicted molar refractivity (Wildman–Crippen MR) is 66.8 cm³/mol. The molecule has 1 unspecified atom stereocenters. The van der Waals surface area contributed by atoms with Gasteiger partial charge in [-0.1, -0.05) is 0 Å². The van der Waals surface area contributed by atoms with E-state index >= 15 is 0 Å². The topological polar surface area (TPSA) is 76.0 Å². The first kappa shape index (κ1) is 13.0. The van der Waals surface area contributed by atoms with Crippen molar-refractivity contribution in [3.05, 3.63) is 17.4 Å². The molecule has 1 aromatic rings. The average Bonchev–Trinajstić information content (AvgIpc) is 3.22. The number of fused-ring (bicyclic) bond motifs is 1. The molecular formula is C14H15FO5. The maximum absolute atomic E-state index is 14.3. The molecule has 0 amide bonds. The summed E-state index contributed by atoms with van der Waals surface area (Å²) in [5.74, 6) is -2.17. The van der Waals surface area contributed by atoms with Crippen LogP contribution in [-0.4, -0.2) is 29.4 Å². The van der Waals surface area contributed by atoms with E-state index < -0.39 is 23.5 Å². The second-order valence-corrected chi connectivity index (χ2v) is 5.19. The van der Waals surface area contributed by atoms with Crippen LogP contribution in [0.25, 0.3) is 0 Å². The minimum absolute atomic E-state index is 0.122. The third-order valence-corrected chi connectivity index (χ3v) is 3.74. The molecule has 0 radical (unpaired) electrons. The number of aromatic hydroxyl groups is 1. The molecule has 0 bridgehead atoms. The molecule has 2 aliphatic rings. The molecule has 1 aromatic carbocycles. The number of carboxylic acid groups (broad SMARTS) is 1. The fraction of sp³-hybridized carbons (Fsp3) is 0.500. The number of rotatable bonds is 4. The molecule has 1 saturated carbocycles. The van der Waals surface area contributed by atoms with Crippen LogP contribution in [0.3, 0.4) is 0 Å². The highest BCUT2D eigenvalue weighted by molar-refractivity contribution is 5.69. The third-order valence-electron chi connectivity index (χ3n) is 3.74. The number of phenolic OH excluding ortho intramolecular Hbond substituents is 1. The SMILES string of the molecule is O=C(O)CC(c1c(F)c(O)cc2c1OCCO2)C1CC1. The lowest BCUT2D eigenvalue weighted by Gasteiger charge is -2.25. The zero-order chi connectivity index (χ0) is 14.3. The van der Waals surface area contributed by atoms with Crippen molar-refractivity contribution >= 4 is 5.97 Å². The van der Waals surface area contributed by atoms with Crippen LogP contribution in [0.2, 0.25) is 0 Å². The monoisotopic (exact) mass is 282 g/mol. The lowest BCUT2D eigenvalue weighted by molar-refractivity contribution is -0.137. The van der Waals surface area contributed by atoms with E-state index in [1.807, 2.05) is 0 Å². The Morgan fingerprint density at radius 1 is 1.40 bits per heavy atom. The Kier molecular flexibility index (Phi) is 3.16. The van der Waals surface area contributed by atoms with Crippen LogP contribution >= 0.6 is 0 Å². The number of aliphatic carboxylic acids is 1. The fourth-order valence-electron chi connectivity index (χ4n) is 2.70. The van der Waals surface area contributed by atoms with Crippen LogP contribution in [0.4, 0.5) is 4.39 Å². The number of halogens is 1. The minimum atomic E-state index is -0.991. The largest absolute Gasteiger partial charge is 0.505 e. The minimum Gasteiger partial charge on any atom is -0.505 e. The van der Waals surface area contributed by atoms with Crippen LogP contribution in [0.1, 0.15) is 30.7 Å². The van der Waals surface area contributed by atoms with Crippen LogP contribution in [0, 0.1) is 11.7 Å². The van der Waals surface area contributed by atoms with Gasteiger partial charge in [0.1, 0.15) is 13.2 Å². The van der Waals surface area contributed by atoms with Crippen LogP contribution < -0.4 is 9.47 Å². The normalized spacial score (nSPS) is 18.6. The van der Waals surface area contributed by atoms with Gasteiger partial charge in [-0.15, -0.1) is 0 Å². The zero-order valence-corrected chi connectivity index (χ0v) is 10.8. The second-order valence-electron chi connectivity index (χ2n) is 5.19. The molecule has 1 aliphatic heterocycles. The van der Waals surface area contributed by atoms with E-state index in [1.54, 1.807) is 0 Å². The lowest BCUT2D eigenvalue weighted by Crippen LogP contribution is -2.20. The van der Waals surface area contributed by atoms with Gasteiger partial charge >= 0.3 is 5.97 Å². The van der Waals surface area contributed by atoms with Gasteiger partial charge in [0.25, 0.3) is 0 Å². The number of hydrogen-bond donors (Lipinski definition) is 2. The Hall–Kier alpha value is -1.98. The number of carbonyl (C=O) groups is 1. The van der Waals surface area contributed by atoms with E-state index in [9.17, 15) is 14.3 Å². The summed E-state index contributed by atoms with van der Waals surface area (Å²) in [6.45, 7) is 0.610. The average molecular weight is 282 g/mol. The summed E-state index contributed by atoms with van der Waals surface area (Å²) in [5, 5.41) is 18.7. The Morgan fingerprint density at radius 3 is 2.75 bits per heavy atom. The Labute approximate surface area is 114 Å². The quantitative estimate of drug-likeness (QED) is 0.886. The first-order valence-electron chi connectivity index (χ1n) is 6.60. The summed E-state index contributed by atoms with van der Waals surface area (Å²) in [6, 6.07) is 1.18. The van der Waals surface area contributed by atoms with Crippen molar-refractivity contribution in [1.82, 2.24) is 0 Å². The van der Waals surface area contributed by atoms with Crippen LogP contribution in [-0.2, 0) is 4.79 Å². The molecule has 0 aromatic heterocycles. The molecule has 0 saturated heterocycles. The summed E-state index contributed by atoms with van der Waals surface area (Å²) in [7, 11) is 0. The van der Waals surface area contributed by atoms with Crippen LogP contribution in [0.15, 0.2) is 6.07 Å². The van der Waals surface area contributed by atoms with Crippen molar-refractivity contribution < 1.29 is 28.9 Å². The van der Waals surface area contributed by atoms with E-state index in [4.69, 9.17) is 14.6 Å². The van der Waals surface area contributed by atoms with E-state index in [2.05, 4.69) is 0 Å². The van der Waals surface area contributed by atoms with Gasteiger partial charge in [-0.25, -0.2) is 4.39 Å². The van der Waals surface area contributed by atoms with Crippen LogP contribution in [0.5, 0.6) is 17.2 Å². The first-order chi connectivity index (χ1) is 9.58. The fourth-order valence-corrected chi connectivity index (χ4v) is 2.70. The summed E-state index contributed by atoms with van der Waals surface area (Å²) < 4.78 is 25.1. The number of ether oxygens (including phenoxy) is 2. The molecule has 5 nitrogen and oxygen atoms in total. The van der Waals surface area contributed by atoms with Crippen molar-refractivity contribution in [3.63, 3.8) is 0 Å². The van der Waals surface area contributed by atoms with Gasteiger partial charge in [-0.2, -0.15) is 0 Å². The highest BCUT2D eigenvalue weighted by Crippen LogP contribution is 2.52. The van der Waals surface area contributed by atoms with Crippen molar-refractivity contribution in [2.24, 2.45) is 5.92 Å². The Bertz CT molecular complexity index is 553. The molecule has 108 valence electrons. The van der Waals surface area contributed by atoms with E-state index in [-0.39, 0.29) is 36.0 Å². The molecular weight excluding hydrogens is 267 g/mol. The number of hydrogen-bond acceptors (Lipinski definition) is 4. The van der Waals surface area contributed by atoms with Crippen molar-refractivity contribution in [3.8, 4) is 17.2 Å². The predicted octanol–water partition coefficient (Wildman–Crippen LogP) is 2.27. The summed E-state index contributed by atoms with van der Waals surface area (Å²) in [5.41, 5.74) is 0.143. The summed E-state index contributed by atoms with van der Waals surface area (Å²) in [4.78, 5) is 11.0. The first-order valence-corrected chi connectivity index (χ1v) is 6.60. The Morgan fingerprint density at radius 2 is 2.10 bits per heavy atom. The van der Waals surface area contributed by atoms with Crippen molar-refractivity contribution in [2.45, 2.75) is 25.2 Å². The van der Waals surface area contributed by atoms with Gasteiger partial charge in [0.05, 0.1) is 6.42 Å². The van der Waals surface area contributed by atoms with E-state index in [0.29, 0.717) is 6.61 Å². The van der Waals surface area contributed by atoms with Gasteiger partial charge in [0.15, 0.2) is 23.1 Å². The third kappa shape index (κ3) is 2.26. The molecule has 1 atom stereocenters. The second kappa shape index (κ2) is 4.85. The summed E-state index contributed by atoms with van der Waals surface area (Å²) in [6.07, 6.45) is 1.55. The molecule has 1 heterocycles. The maximum Gasteiger partial charge on any atom is 0.303 e. The van der Waals surface area contributed by atoms with Gasteiger partial charge in [0.2, 0.25) is 0 Å². The Balaban J connectivity index is 2.09. The molecule has 6 heteroatoms.